The van der Waals surface area contributed by atoms with Crippen molar-refractivity contribution in [1.82, 2.24) is 4.90 Å². The van der Waals surface area contributed by atoms with E-state index in [4.69, 9.17) is 5.73 Å². The van der Waals surface area contributed by atoms with E-state index in [1.807, 2.05) is 0 Å². The molecule has 1 saturated carbocycles. The van der Waals surface area contributed by atoms with Gasteiger partial charge in [-0.25, -0.2) is 0 Å². The van der Waals surface area contributed by atoms with Crippen molar-refractivity contribution < 1.29 is 0 Å². The summed E-state index contributed by atoms with van der Waals surface area (Å²) in [6.07, 6.45) is 8.18. The molecule has 1 rings (SSSR count). The van der Waals surface area contributed by atoms with Crippen molar-refractivity contribution in [1.29, 1.82) is 0 Å². The van der Waals surface area contributed by atoms with Crippen LogP contribution in [-0.2, 0) is 0 Å². The lowest BCUT2D eigenvalue weighted by Gasteiger charge is -2.44. The number of likely N-dealkylation sites (N-methyl/N-ethyl adjacent to an activating group) is 1. The Hall–Kier alpha value is -0.0800. The van der Waals surface area contributed by atoms with Crippen molar-refractivity contribution in [3.8, 4) is 0 Å². The molecular weight excluding hydrogens is 196 g/mol. The molecule has 1 aliphatic carbocycles. The van der Waals surface area contributed by atoms with Crippen LogP contribution in [0.25, 0.3) is 0 Å². The molecule has 0 bridgehead atoms. The van der Waals surface area contributed by atoms with Crippen LogP contribution in [-0.4, -0.2) is 30.1 Å². The van der Waals surface area contributed by atoms with Crippen molar-refractivity contribution in [2.24, 2.45) is 11.7 Å². The van der Waals surface area contributed by atoms with E-state index in [9.17, 15) is 0 Å². The highest BCUT2D eigenvalue weighted by atomic mass is 15.2. The van der Waals surface area contributed by atoms with Crippen LogP contribution in [0.5, 0.6) is 0 Å². The van der Waals surface area contributed by atoms with E-state index in [-0.39, 0.29) is 5.54 Å². The first-order valence-corrected chi connectivity index (χ1v) is 7.11. The monoisotopic (exact) mass is 226 g/mol. The predicted molar refractivity (Wildman–Crippen MR) is 71.6 cm³/mol. The van der Waals surface area contributed by atoms with Crippen molar-refractivity contribution in [3.05, 3.63) is 0 Å². The van der Waals surface area contributed by atoms with Gasteiger partial charge in [-0.1, -0.05) is 39.5 Å². The van der Waals surface area contributed by atoms with E-state index in [2.05, 4.69) is 25.7 Å². The Labute approximate surface area is 102 Å². The van der Waals surface area contributed by atoms with Crippen molar-refractivity contribution in [2.45, 2.75) is 64.8 Å². The first-order chi connectivity index (χ1) is 7.66. The van der Waals surface area contributed by atoms with Gasteiger partial charge in [0.15, 0.2) is 0 Å². The number of unbranched alkanes of at least 4 members (excludes halogenated alkanes) is 1. The van der Waals surface area contributed by atoms with E-state index in [0.29, 0.717) is 0 Å². The summed E-state index contributed by atoms with van der Waals surface area (Å²) in [6.45, 7) is 10.1. The number of nitrogens with two attached hydrogens (primary N) is 1. The quantitative estimate of drug-likeness (QED) is 0.689. The topological polar surface area (TPSA) is 29.3 Å². The molecule has 0 aromatic carbocycles. The Balaban J connectivity index is 2.51. The Morgan fingerprint density at radius 2 is 2.00 bits per heavy atom. The molecule has 2 nitrogen and oxygen atoms in total. The van der Waals surface area contributed by atoms with Gasteiger partial charge in [0.2, 0.25) is 0 Å². The normalized spacial score (nSPS) is 20.8. The summed E-state index contributed by atoms with van der Waals surface area (Å²) >= 11 is 0. The van der Waals surface area contributed by atoms with Crippen LogP contribution in [0.3, 0.4) is 0 Å². The van der Waals surface area contributed by atoms with Crippen LogP contribution in [0.15, 0.2) is 0 Å². The molecule has 0 radical (unpaired) electrons. The van der Waals surface area contributed by atoms with Crippen LogP contribution in [0.4, 0.5) is 0 Å². The van der Waals surface area contributed by atoms with Crippen molar-refractivity contribution in [3.63, 3.8) is 0 Å². The van der Waals surface area contributed by atoms with Gasteiger partial charge in [0.05, 0.1) is 0 Å². The molecule has 0 aliphatic heterocycles. The molecule has 16 heavy (non-hydrogen) atoms. The van der Waals surface area contributed by atoms with Crippen LogP contribution in [0.2, 0.25) is 0 Å². The second-order valence-corrected chi connectivity index (χ2v) is 5.64. The molecule has 0 spiro atoms. The molecule has 1 aliphatic rings. The SMILES string of the molecule is CCCCN(CC)C(C)(CN)CC1CCC1. The second-order valence-electron chi connectivity index (χ2n) is 5.64. The summed E-state index contributed by atoms with van der Waals surface area (Å²) < 4.78 is 0. The molecule has 96 valence electrons. The average Bonchev–Trinajstić information content (AvgIpc) is 2.24. The Bertz CT molecular complexity index is 189. The molecule has 2 N–H and O–H groups in total. The zero-order valence-corrected chi connectivity index (χ0v) is 11.5. The minimum atomic E-state index is 0.245. The summed E-state index contributed by atoms with van der Waals surface area (Å²) in [4.78, 5) is 2.61. The molecule has 1 fully saturated rings. The predicted octanol–water partition coefficient (Wildman–Crippen LogP) is 3.02. The van der Waals surface area contributed by atoms with Crippen LogP contribution in [0.1, 0.15) is 59.3 Å². The van der Waals surface area contributed by atoms with Gasteiger partial charge in [0, 0.05) is 12.1 Å². The molecule has 0 aromatic rings. The average molecular weight is 226 g/mol. The van der Waals surface area contributed by atoms with Crippen LogP contribution < -0.4 is 5.73 Å². The Morgan fingerprint density at radius 1 is 1.31 bits per heavy atom. The number of hydrogen-bond acceptors (Lipinski definition) is 2. The Kier molecular flexibility index (Phi) is 5.77. The van der Waals surface area contributed by atoms with Gasteiger partial charge in [-0.15, -0.1) is 0 Å². The number of hydrogen-bond donors (Lipinski definition) is 1. The standard InChI is InChI=1S/C14H30N2/c1-4-6-10-16(5-2)14(3,12-15)11-13-8-7-9-13/h13H,4-12,15H2,1-3H3. The third-order valence-corrected chi connectivity index (χ3v) is 4.32. The second kappa shape index (κ2) is 6.61. The van der Waals surface area contributed by atoms with Gasteiger partial charge in [0.1, 0.15) is 0 Å². The highest BCUT2D eigenvalue weighted by molar-refractivity contribution is 4.91. The zero-order valence-electron chi connectivity index (χ0n) is 11.5. The van der Waals surface area contributed by atoms with E-state index in [1.54, 1.807) is 0 Å². The molecule has 0 saturated heterocycles. The third kappa shape index (κ3) is 3.46. The summed E-state index contributed by atoms with van der Waals surface area (Å²) in [5.74, 6) is 0.948. The molecule has 0 amide bonds. The zero-order chi connectivity index (χ0) is 12.0. The molecule has 2 heteroatoms. The molecule has 0 heterocycles. The maximum Gasteiger partial charge on any atom is 0.0306 e. The van der Waals surface area contributed by atoms with Gasteiger partial charge >= 0.3 is 0 Å². The summed E-state index contributed by atoms with van der Waals surface area (Å²) in [6, 6.07) is 0. The minimum Gasteiger partial charge on any atom is -0.329 e. The van der Waals surface area contributed by atoms with Crippen molar-refractivity contribution >= 4 is 0 Å². The van der Waals surface area contributed by atoms with Gasteiger partial charge in [0.25, 0.3) is 0 Å². The van der Waals surface area contributed by atoms with E-state index >= 15 is 0 Å². The third-order valence-electron chi connectivity index (χ3n) is 4.32. The summed E-state index contributed by atoms with van der Waals surface area (Å²) in [5.41, 5.74) is 6.29. The fraction of sp³-hybridized carbons (Fsp3) is 1.00. The first-order valence-electron chi connectivity index (χ1n) is 7.11. The summed E-state index contributed by atoms with van der Waals surface area (Å²) in [5, 5.41) is 0. The lowest BCUT2D eigenvalue weighted by molar-refractivity contribution is 0.0713. The first kappa shape index (κ1) is 14.0. The van der Waals surface area contributed by atoms with Gasteiger partial charge in [-0.05, 0) is 38.8 Å². The largest absolute Gasteiger partial charge is 0.329 e. The fourth-order valence-electron chi connectivity index (χ4n) is 2.82. The Morgan fingerprint density at radius 3 is 2.38 bits per heavy atom. The smallest absolute Gasteiger partial charge is 0.0306 e. The van der Waals surface area contributed by atoms with Crippen molar-refractivity contribution in [2.75, 3.05) is 19.6 Å². The molecule has 1 atom stereocenters. The van der Waals surface area contributed by atoms with E-state index < -0.39 is 0 Å². The maximum absolute atomic E-state index is 6.04. The summed E-state index contributed by atoms with van der Waals surface area (Å²) in [7, 11) is 0. The van der Waals surface area contributed by atoms with Gasteiger partial charge < -0.3 is 5.73 Å². The molecule has 0 aromatic heterocycles. The molecular formula is C14H30N2. The lowest BCUT2D eigenvalue weighted by Crippen LogP contribution is -2.53. The van der Waals surface area contributed by atoms with Crippen LogP contribution in [0, 0.1) is 5.92 Å². The number of rotatable bonds is 8. The minimum absolute atomic E-state index is 0.245. The van der Waals surface area contributed by atoms with E-state index in [1.165, 1.54) is 45.1 Å². The van der Waals surface area contributed by atoms with Crippen LogP contribution >= 0.6 is 0 Å². The highest BCUT2D eigenvalue weighted by Gasteiger charge is 2.33. The van der Waals surface area contributed by atoms with E-state index in [0.717, 1.165) is 19.0 Å². The lowest BCUT2D eigenvalue weighted by atomic mass is 9.76. The van der Waals surface area contributed by atoms with Gasteiger partial charge in [-0.3, -0.25) is 4.90 Å². The number of nitrogens with zero attached hydrogens (tertiary/aromatic N) is 1. The maximum atomic E-state index is 6.04. The van der Waals surface area contributed by atoms with Gasteiger partial charge in [-0.2, -0.15) is 0 Å². The highest BCUT2D eigenvalue weighted by Crippen LogP contribution is 2.35. The molecule has 1 unspecified atom stereocenters. The fourth-order valence-corrected chi connectivity index (χ4v) is 2.82.